The third-order valence-corrected chi connectivity index (χ3v) is 4.34. The molecule has 2 rings (SSSR count). The summed E-state index contributed by atoms with van der Waals surface area (Å²) in [4.78, 5) is 18.8. The van der Waals surface area contributed by atoms with Crippen LogP contribution in [0.15, 0.2) is 0 Å². The average Bonchev–Trinajstić information content (AvgIpc) is 2.80. The number of thiazole rings is 1. The van der Waals surface area contributed by atoms with Gasteiger partial charge >= 0.3 is 5.97 Å². The topological polar surface area (TPSA) is 51.7 Å². The van der Waals surface area contributed by atoms with E-state index in [0.717, 1.165) is 36.8 Å². The van der Waals surface area contributed by atoms with E-state index < -0.39 is 0 Å². The Morgan fingerprint density at radius 2 is 2.28 bits per heavy atom. The highest BCUT2D eigenvalue weighted by Crippen LogP contribution is 2.29. The minimum absolute atomic E-state index is 0.254. The highest BCUT2D eigenvalue weighted by molar-refractivity contribution is 7.17. The van der Waals surface area contributed by atoms with Crippen molar-refractivity contribution in [1.82, 2.24) is 4.98 Å². The van der Waals surface area contributed by atoms with E-state index in [1.807, 2.05) is 6.92 Å². The fourth-order valence-corrected chi connectivity index (χ4v) is 3.12. The lowest BCUT2D eigenvalue weighted by Gasteiger charge is -2.31. The van der Waals surface area contributed by atoms with Gasteiger partial charge < -0.3 is 14.4 Å². The molecule has 0 spiro atoms. The van der Waals surface area contributed by atoms with Crippen LogP contribution in [0.3, 0.4) is 0 Å². The van der Waals surface area contributed by atoms with E-state index in [-0.39, 0.29) is 12.1 Å². The zero-order chi connectivity index (χ0) is 13.1. The number of piperidine rings is 1. The van der Waals surface area contributed by atoms with Crippen molar-refractivity contribution in [2.75, 3.05) is 32.2 Å². The smallest absolute Gasteiger partial charge is 0.350 e. The van der Waals surface area contributed by atoms with Gasteiger partial charge in [0.15, 0.2) is 5.13 Å². The molecule has 0 aromatic carbocycles. The molecule has 18 heavy (non-hydrogen) atoms. The summed E-state index contributed by atoms with van der Waals surface area (Å²) >= 11 is 1.40. The van der Waals surface area contributed by atoms with Gasteiger partial charge in [0.05, 0.1) is 18.9 Å². The number of hydrogen-bond acceptors (Lipinski definition) is 6. The van der Waals surface area contributed by atoms with Crippen LogP contribution in [0.4, 0.5) is 5.13 Å². The molecule has 1 unspecified atom stereocenters. The number of hydrogen-bond donors (Lipinski definition) is 0. The van der Waals surface area contributed by atoms with Gasteiger partial charge in [-0.05, 0) is 19.8 Å². The zero-order valence-electron chi connectivity index (χ0n) is 10.9. The van der Waals surface area contributed by atoms with Crippen molar-refractivity contribution in [3.8, 4) is 0 Å². The Labute approximate surface area is 111 Å². The quantitative estimate of drug-likeness (QED) is 0.785. The van der Waals surface area contributed by atoms with Gasteiger partial charge in [0, 0.05) is 20.2 Å². The normalized spacial score (nSPS) is 19.9. The first-order valence-electron chi connectivity index (χ1n) is 5.99. The van der Waals surface area contributed by atoms with E-state index in [4.69, 9.17) is 9.47 Å². The lowest BCUT2D eigenvalue weighted by atomic mass is 10.1. The van der Waals surface area contributed by atoms with E-state index >= 15 is 0 Å². The van der Waals surface area contributed by atoms with Crippen molar-refractivity contribution in [3.63, 3.8) is 0 Å². The van der Waals surface area contributed by atoms with Crippen LogP contribution in [0, 0.1) is 6.92 Å². The monoisotopic (exact) mass is 270 g/mol. The summed E-state index contributed by atoms with van der Waals surface area (Å²) < 4.78 is 10.1. The highest BCUT2D eigenvalue weighted by Gasteiger charge is 2.24. The first-order valence-corrected chi connectivity index (χ1v) is 6.80. The molecule has 2 heterocycles. The molecule has 1 atom stereocenters. The van der Waals surface area contributed by atoms with Crippen LogP contribution in [0.1, 0.15) is 28.2 Å². The Morgan fingerprint density at radius 1 is 1.50 bits per heavy atom. The second kappa shape index (κ2) is 5.67. The predicted octanol–water partition coefficient (Wildman–Crippen LogP) is 1.85. The van der Waals surface area contributed by atoms with Gasteiger partial charge in [0.25, 0.3) is 0 Å². The molecule has 1 saturated heterocycles. The molecule has 0 saturated carbocycles. The standard InChI is InChI=1S/C12H18N2O3S/c1-8-10(11(15)17-3)18-12(13-8)14-6-4-5-9(7-14)16-2/h9H,4-7H2,1-3H3. The second-order valence-electron chi connectivity index (χ2n) is 4.35. The molecule has 1 aliphatic rings. The molecule has 1 aromatic rings. The third-order valence-electron chi connectivity index (χ3n) is 3.14. The first kappa shape index (κ1) is 13.3. The predicted molar refractivity (Wildman–Crippen MR) is 70.4 cm³/mol. The van der Waals surface area contributed by atoms with Crippen LogP contribution in [-0.2, 0) is 9.47 Å². The van der Waals surface area contributed by atoms with Crippen molar-refractivity contribution < 1.29 is 14.3 Å². The van der Waals surface area contributed by atoms with E-state index in [1.54, 1.807) is 7.11 Å². The Hall–Kier alpha value is -1.14. The Bertz CT molecular complexity index is 433. The SMILES string of the molecule is COC(=O)c1sc(N2CCCC(OC)C2)nc1C. The minimum Gasteiger partial charge on any atom is -0.465 e. The van der Waals surface area contributed by atoms with Gasteiger partial charge in [-0.2, -0.15) is 0 Å². The van der Waals surface area contributed by atoms with Gasteiger partial charge in [-0.3, -0.25) is 0 Å². The Kier molecular flexibility index (Phi) is 4.19. The number of rotatable bonds is 3. The summed E-state index contributed by atoms with van der Waals surface area (Å²) in [7, 11) is 3.13. The number of ether oxygens (including phenoxy) is 2. The minimum atomic E-state index is -0.309. The number of aromatic nitrogens is 1. The molecule has 5 nitrogen and oxygen atoms in total. The average molecular weight is 270 g/mol. The van der Waals surface area contributed by atoms with Crippen molar-refractivity contribution in [2.24, 2.45) is 0 Å². The van der Waals surface area contributed by atoms with Gasteiger partial charge in [-0.15, -0.1) is 0 Å². The first-order chi connectivity index (χ1) is 8.65. The molecule has 0 radical (unpaired) electrons. The zero-order valence-corrected chi connectivity index (χ0v) is 11.7. The molecule has 0 bridgehead atoms. The molecular weight excluding hydrogens is 252 g/mol. The molecule has 6 heteroatoms. The number of nitrogens with zero attached hydrogens (tertiary/aromatic N) is 2. The number of carbonyl (C=O) groups excluding carboxylic acids is 1. The summed E-state index contributed by atoms with van der Waals surface area (Å²) in [5.74, 6) is -0.309. The van der Waals surface area contributed by atoms with E-state index in [9.17, 15) is 4.79 Å². The summed E-state index contributed by atoms with van der Waals surface area (Å²) in [6, 6.07) is 0. The number of aryl methyl sites for hydroxylation is 1. The Morgan fingerprint density at radius 3 is 2.94 bits per heavy atom. The van der Waals surface area contributed by atoms with Crippen LogP contribution in [0.2, 0.25) is 0 Å². The van der Waals surface area contributed by atoms with Crippen LogP contribution in [-0.4, -0.2) is 44.4 Å². The van der Waals surface area contributed by atoms with Crippen LogP contribution < -0.4 is 4.90 Å². The van der Waals surface area contributed by atoms with E-state index in [0.29, 0.717) is 4.88 Å². The lowest BCUT2D eigenvalue weighted by Crippen LogP contribution is -2.39. The van der Waals surface area contributed by atoms with Gasteiger partial charge in [-0.1, -0.05) is 11.3 Å². The van der Waals surface area contributed by atoms with Gasteiger partial charge in [-0.25, -0.2) is 9.78 Å². The number of esters is 1. The van der Waals surface area contributed by atoms with Crippen molar-refractivity contribution >= 4 is 22.4 Å². The molecule has 0 amide bonds. The van der Waals surface area contributed by atoms with Crippen molar-refractivity contribution in [1.29, 1.82) is 0 Å². The Balaban J connectivity index is 2.16. The lowest BCUT2D eigenvalue weighted by molar-refractivity contribution is 0.0605. The van der Waals surface area contributed by atoms with Crippen LogP contribution in [0.25, 0.3) is 0 Å². The maximum absolute atomic E-state index is 11.6. The number of methoxy groups -OCH3 is 2. The maximum atomic E-state index is 11.6. The number of anilines is 1. The maximum Gasteiger partial charge on any atom is 0.350 e. The summed E-state index contributed by atoms with van der Waals surface area (Å²) in [5.41, 5.74) is 0.737. The van der Waals surface area contributed by atoms with Gasteiger partial charge in [0.2, 0.25) is 0 Å². The molecule has 100 valence electrons. The van der Waals surface area contributed by atoms with E-state index in [1.165, 1.54) is 18.4 Å². The largest absolute Gasteiger partial charge is 0.465 e. The molecule has 1 aliphatic heterocycles. The molecule has 1 fully saturated rings. The third kappa shape index (κ3) is 2.64. The number of carbonyl (C=O) groups is 1. The fourth-order valence-electron chi connectivity index (χ4n) is 2.10. The van der Waals surface area contributed by atoms with Crippen molar-refractivity contribution in [2.45, 2.75) is 25.9 Å². The van der Waals surface area contributed by atoms with Gasteiger partial charge in [0.1, 0.15) is 4.88 Å². The molecular formula is C12H18N2O3S. The summed E-state index contributed by atoms with van der Waals surface area (Å²) in [6.45, 7) is 3.64. The second-order valence-corrected chi connectivity index (χ2v) is 5.33. The molecule has 0 aliphatic carbocycles. The van der Waals surface area contributed by atoms with Crippen LogP contribution >= 0.6 is 11.3 Å². The summed E-state index contributed by atoms with van der Waals surface area (Å²) in [6.07, 6.45) is 2.43. The highest BCUT2D eigenvalue weighted by atomic mass is 32.1. The van der Waals surface area contributed by atoms with Crippen LogP contribution in [0.5, 0.6) is 0 Å². The van der Waals surface area contributed by atoms with E-state index in [2.05, 4.69) is 9.88 Å². The fraction of sp³-hybridized carbons (Fsp3) is 0.667. The molecule has 1 aromatic heterocycles. The van der Waals surface area contributed by atoms with Crippen molar-refractivity contribution in [3.05, 3.63) is 10.6 Å². The molecule has 0 N–H and O–H groups in total. The summed E-state index contributed by atoms with van der Waals surface area (Å²) in [5, 5.41) is 0.884.